The van der Waals surface area contributed by atoms with Gasteiger partial charge in [-0.25, -0.2) is 8.42 Å². The average Bonchev–Trinajstić information content (AvgIpc) is 2.75. The molecule has 3 rings (SSSR count). The predicted molar refractivity (Wildman–Crippen MR) is 108 cm³/mol. The Kier molecular flexibility index (Phi) is 6.81. The van der Waals surface area contributed by atoms with E-state index in [4.69, 9.17) is 15.3 Å². The number of amides is 1. The highest BCUT2D eigenvalue weighted by molar-refractivity contribution is 7.89. The maximum absolute atomic E-state index is 12.6. The van der Waals surface area contributed by atoms with E-state index in [0.717, 1.165) is 0 Å². The summed E-state index contributed by atoms with van der Waals surface area (Å²) in [4.78, 5) is 17.1. The summed E-state index contributed by atoms with van der Waals surface area (Å²) < 4.78 is 31.7. The number of oxime groups is 1. The van der Waals surface area contributed by atoms with Crippen LogP contribution in [0, 0.1) is 0 Å². The van der Waals surface area contributed by atoms with Gasteiger partial charge >= 0.3 is 0 Å². The van der Waals surface area contributed by atoms with E-state index in [9.17, 15) is 13.2 Å². The molecular weight excluding hydrogens is 396 g/mol. The zero-order valence-electron chi connectivity index (χ0n) is 15.7. The average molecular weight is 418 g/mol. The molecule has 1 saturated heterocycles. The smallest absolute Gasteiger partial charge is 0.265 e. The number of rotatable bonds is 7. The van der Waals surface area contributed by atoms with Gasteiger partial charge in [0.2, 0.25) is 10.0 Å². The Morgan fingerprint density at radius 3 is 2.41 bits per heavy atom. The number of ether oxygens (including phenoxy) is 1. The van der Waals surface area contributed by atoms with E-state index in [0.29, 0.717) is 37.6 Å². The van der Waals surface area contributed by atoms with Gasteiger partial charge in [0.15, 0.2) is 12.4 Å². The molecule has 1 heterocycles. The lowest BCUT2D eigenvalue weighted by Crippen LogP contribution is -2.40. The number of nitrogens with one attached hydrogen (secondary N) is 1. The van der Waals surface area contributed by atoms with Crippen LogP contribution in [0.3, 0.4) is 0 Å². The molecule has 0 aliphatic carbocycles. The van der Waals surface area contributed by atoms with Crippen molar-refractivity contribution >= 4 is 27.5 Å². The Labute approximate surface area is 169 Å². The summed E-state index contributed by atoms with van der Waals surface area (Å²) in [5.74, 6) is -0.283. The molecule has 2 aromatic rings. The van der Waals surface area contributed by atoms with Crippen LogP contribution in [0.15, 0.2) is 64.6 Å². The van der Waals surface area contributed by atoms with Crippen LogP contribution in [-0.4, -0.2) is 57.4 Å². The first-order valence-electron chi connectivity index (χ1n) is 8.95. The van der Waals surface area contributed by atoms with Crippen LogP contribution in [0.5, 0.6) is 0 Å². The summed E-state index contributed by atoms with van der Waals surface area (Å²) in [5.41, 5.74) is 6.91. The normalized spacial score (nSPS) is 15.7. The highest BCUT2D eigenvalue weighted by atomic mass is 32.2. The van der Waals surface area contributed by atoms with Crippen molar-refractivity contribution in [2.75, 3.05) is 38.2 Å². The summed E-state index contributed by atoms with van der Waals surface area (Å²) in [5, 5.41) is 6.32. The molecule has 0 bridgehead atoms. The molecule has 0 saturated carbocycles. The largest absolute Gasteiger partial charge is 0.384 e. The van der Waals surface area contributed by atoms with Crippen LogP contribution in [0.2, 0.25) is 0 Å². The van der Waals surface area contributed by atoms with Crippen molar-refractivity contribution in [3.63, 3.8) is 0 Å². The number of nitrogens with zero attached hydrogens (tertiary/aromatic N) is 2. The van der Waals surface area contributed by atoms with E-state index in [1.807, 2.05) is 18.2 Å². The highest BCUT2D eigenvalue weighted by Crippen LogP contribution is 2.19. The Hall–Kier alpha value is -2.95. The van der Waals surface area contributed by atoms with Crippen molar-refractivity contribution in [1.82, 2.24) is 4.31 Å². The summed E-state index contributed by atoms with van der Waals surface area (Å²) in [6.07, 6.45) is 0. The quantitative estimate of drug-likeness (QED) is 0.393. The van der Waals surface area contributed by atoms with Crippen LogP contribution in [-0.2, 0) is 24.4 Å². The molecule has 1 aliphatic rings. The number of sulfonamides is 1. The van der Waals surface area contributed by atoms with Crippen LogP contribution in [0.1, 0.15) is 5.56 Å². The molecule has 1 amide bonds. The molecule has 0 radical (unpaired) electrons. The second-order valence-electron chi connectivity index (χ2n) is 6.21. The van der Waals surface area contributed by atoms with Crippen molar-refractivity contribution in [2.45, 2.75) is 4.90 Å². The number of carbonyl (C=O) groups excluding carboxylic acids is 1. The molecule has 9 nitrogen and oxygen atoms in total. The van der Waals surface area contributed by atoms with E-state index in [2.05, 4.69) is 10.5 Å². The molecule has 1 fully saturated rings. The SMILES string of the molecule is N/C(=N\OCC(=O)Nc1ccc(S(=O)(=O)N2CCOCC2)cc1)c1ccccc1. The van der Waals surface area contributed by atoms with Gasteiger partial charge in [-0.2, -0.15) is 4.31 Å². The Bertz CT molecular complexity index is 956. The number of amidine groups is 1. The van der Waals surface area contributed by atoms with Gasteiger partial charge in [-0.1, -0.05) is 35.5 Å². The lowest BCUT2D eigenvalue weighted by atomic mass is 10.2. The molecule has 154 valence electrons. The minimum Gasteiger partial charge on any atom is -0.384 e. The zero-order valence-corrected chi connectivity index (χ0v) is 16.5. The van der Waals surface area contributed by atoms with Crippen LogP contribution < -0.4 is 11.1 Å². The number of anilines is 1. The fraction of sp³-hybridized carbons (Fsp3) is 0.263. The lowest BCUT2D eigenvalue weighted by molar-refractivity contribution is -0.120. The van der Waals surface area contributed by atoms with Crippen molar-refractivity contribution in [3.8, 4) is 0 Å². The van der Waals surface area contributed by atoms with E-state index in [1.54, 1.807) is 12.1 Å². The van der Waals surface area contributed by atoms with Gasteiger partial charge in [-0.3, -0.25) is 4.79 Å². The number of nitrogens with two attached hydrogens (primary N) is 1. The summed E-state index contributed by atoms with van der Waals surface area (Å²) in [7, 11) is -3.57. The molecule has 1 aliphatic heterocycles. The minimum atomic E-state index is -3.57. The number of hydrogen-bond donors (Lipinski definition) is 2. The van der Waals surface area contributed by atoms with Gasteiger partial charge in [0.25, 0.3) is 5.91 Å². The van der Waals surface area contributed by atoms with Gasteiger partial charge in [-0.15, -0.1) is 0 Å². The third kappa shape index (κ3) is 5.53. The molecule has 3 N–H and O–H groups in total. The molecule has 2 aromatic carbocycles. The Morgan fingerprint density at radius 1 is 1.10 bits per heavy atom. The highest BCUT2D eigenvalue weighted by Gasteiger charge is 2.26. The maximum Gasteiger partial charge on any atom is 0.265 e. The Balaban J connectivity index is 1.53. The van der Waals surface area contributed by atoms with Crippen molar-refractivity contribution in [2.24, 2.45) is 10.9 Å². The first kappa shape index (κ1) is 20.8. The van der Waals surface area contributed by atoms with Crippen molar-refractivity contribution in [3.05, 3.63) is 60.2 Å². The Morgan fingerprint density at radius 2 is 1.76 bits per heavy atom. The first-order chi connectivity index (χ1) is 14.0. The van der Waals surface area contributed by atoms with Gasteiger partial charge in [0.1, 0.15) is 0 Å². The standard InChI is InChI=1S/C19H22N4O5S/c20-19(15-4-2-1-3-5-15)22-28-14-18(24)21-16-6-8-17(9-7-16)29(25,26)23-10-12-27-13-11-23/h1-9H,10-14H2,(H2,20,22)(H,21,24). The number of hydrogen-bond acceptors (Lipinski definition) is 6. The molecule has 10 heteroatoms. The number of benzene rings is 2. The molecule has 0 spiro atoms. The van der Waals surface area contributed by atoms with E-state index < -0.39 is 15.9 Å². The molecular formula is C19H22N4O5S. The molecule has 0 unspecified atom stereocenters. The maximum atomic E-state index is 12.6. The summed E-state index contributed by atoms with van der Waals surface area (Å²) >= 11 is 0. The summed E-state index contributed by atoms with van der Waals surface area (Å²) in [6, 6.07) is 15.0. The van der Waals surface area contributed by atoms with Gasteiger partial charge in [0, 0.05) is 24.3 Å². The monoisotopic (exact) mass is 418 g/mol. The van der Waals surface area contributed by atoms with Gasteiger partial charge < -0.3 is 20.6 Å². The zero-order chi connectivity index (χ0) is 20.7. The molecule has 29 heavy (non-hydrogen) atoms. The van der Waals surface area contributed by atoms with Crippen LogP contribution in [0.4, 0.5) is 5.69 Å². The van der Waals surface area contributed by atoms with E-state index in [-0.39, 0.29) is 17.3 Å². The van der Waals surface area contributed by atoms with Crippen molar-refractivity contribution < 1.29 is 22.8 Å². The predicted octanol–water partition coefficient (Wildman–Crippen LogP) is 0.983. The molecule has 0 aromatic heterocycles. The van der Waals surface area contributed by atoms with Crippen LogP contribution >= 0.6 is 0 Å². The fourth-order valence-electron chi connectivity index (χ4n) is 2.67. The number of morpholine rings is 1. The lowest BCUT2D eigenvalue weighted by Gasteiger charge is -2.26. The van der Waals surface area contributed by atoms with E-state index >= 15 is 0 Å². The third-order valence-corrected chi connectivity index (χ3v) is 6.09. The second kappa shape index (κ2) is 9.50. The number of carbonyl (C=O) groups is 1. The topological polar surface area (TPSA) is 123 Å². The third-order valence-electron chi connectivity index (χ3n) is 4.17. The second-order valence-corrected chi connectivity index (χ2v) is 8.14. The summed E-state index contributed by atoms with van der Waals surface area (Å²) in [6.45, 7) is 1.08. The van der Waals surface area contributed by atoms with Crippen LogP contribution in [0.25, 0.3) is 0 Å². The van der Waals surface area contributed by atoms with Crippen molar-refractivity contribution in [1.29, 1.82) is 0 Å². The minimum absolute atomic E-state index is 0.161. The van der Waals surface area contributed by atoms with Gasteiger partial charge in [-0.05, 0) is 24.3 Å². The first-order valence-corrected chi connectivity index (χ1v) is 10.4. The molecule has 0 atom stereocenters. The fourth-order valence-corrected chi connectivity index (χ4v) is 4.07. The van der Waals surface area contributed by atoms with E-state index in [1.165, 1.54) is 28.6 Å². The van der Waals surface area contributed by atoms with Gasteiger partial charge in [0.05, 0.1) is 18.1 Å².